The van der Waals surface area contributed by atoms with Crippen LogP contribution in [0, 0.1) is 23.0 Å². The molecule has 0 radical (unpaired) electrons. The van der Waals surface area contributed by atoms with Crippen LogP contribution < -0.4 is 4.72 Å². The molecule has 2 heterocycles. The summed E-state index contributed by atoms with van der Waals surface area (Å²) in [4.78, 5) is 3.12. The van der Waals surface area contributed by atoms with Gasteiger partial charge in [-0.3, -0.25) is 0 Å². The van der Waals surface area contributed by atoms with Gasteiger partial charge in [-0.2, -0.15) is 10.4 Å². The summed E-state index contributed by atoms with van der Waals surface area (Å²) < 4.78 is 62.0. The number of rotatable bonds is 5. The number of benzene rings is 1. The van der Waals surface area contributed by atoms with Gasteiger partial charge >= 0.3 is 0 Å². The summed E-state index contributed by atoms with van der Waals surface area (Å²) >= 11 is 0. The largest absolute Gasteiger partial charge is 0.377 e. The van der Waals surface area contributed by atoms with Crippen molar-refractivity contribution in [2.45, 2.75) is 36.9 Å². The molecule has 11 heteroatoms. The minimum Gasteiger partial charge on any atom is -0.377 e. The topological polar surface area (TPSA) is 110 Å². The smallest absolute Gasteiger partial charge is 0.247 e. The van der Waals surface area contributed by atoms with E-state index in [4.69, 9.17) is 10.00 Å². The fourth-order valence-corrected chi connectivity index (χ4v) is 4.18. The Morgan fingerprint density at radius 1 is 1.42 bits per heavy atom. The zero-order valence-electron chi connectivity index (χ0n) is 13.7. The van der Waals surface area contributed by atoms with Crippen LogP contribution in [-0.4, -0.2) is 30.3 Å². The second-order valence-corrected chi connectivity index (χ2v) is 7.39. The monoisotopic (exact) mass is 383 g/mol. The molecule has 0 saturated carbocycles. The van der Waals surface area contributed by atoms with Gasteiger partial charge in [-0.15, -0.1) is 0 Å². The lowest BCUT2D eigenvalue weighted by Gasteiger charge is -2.23. The van der Waals surface area contributed by atoms with Crippen LogP contribution in [0.25, 0.3) is 0 Å². The van der Waals surface area contributed by atoms with E-state index in [1.807, 2.05) is 0 Å². The predicted molar refractivity (Wildman–Crippen MR) is 84.1 cm³/mol. The number of methoxy groups -OCH3 is 1. The fourth-order valence-electron chi connectivity index (χ4n) is 2.83. The molecule has 8 nitrogen and oxygen atoms in total. The van der Waals surface area contributed by atoms with Crippen molar-refractivity contribution in [1.82, 2.24) is 19.5 Å². The molecule has 1 aromatic heterocycles. The van der Waals surface area contributed by atoms with Crippen molar-refractivity contribution in [1.29, 1.82) is 5.26 Å². The Labute approximate surface area is 148 Å². The molecule has 0 spiro atoms. The number of sulfonamides is 1. The van der Waals surface area contributed by atoms with E-state index in [2.05, 4.69) is 14.8 Å². The SMILES string of the molecule is COCc1nc2n(n1)CCC[C@H]2NS(=O)(=O)c1c(F)cc(C#N)cc1F. The molecular weight excluding hydrogens is 368 g/mol. The minimum atomic E-state index is -4.51. The van der Waals surface area contributed by atoms with Crippen LogP contribution in [0.4, 0.5) is 8.78 Å². The molecule has 0 aliphatic carbocycles. The van der Waals surface area contributed by atoms with Gasteiger partial charge in [0, 0.05) is 13.7 Å². The normalized spacial score (nSPS) is 16.9. The average molecular weight is 383 g/mol. The maximum atomic E-state index is 14.1. The third kappa shape index (κ3) is 3.44. The van der Waals surface area contributed by atoms with Crippen molar-refractivity contribution >= 4 is 10.0 Å². The van der Waals surface area contributed by atoms with Gasteiger partial charge in [-0.1, -0.05) is 0 Å². The number of fused-ring (bicyclic) bond motifs is 1. The van der Waals surface area contributed by atoms with Gasteiger partial charge in [-0.05, 0) is 25.0 Å². The van der Waals surface area contributed by atoms with Gasteiger partial charge in [0.15, 0.2) is 10.7 Å². The Balaban J connectivity index is 1.94. The first-order valence-electron chi connectivity index (χ1n) is 7.69. The van der Waals surface area contributed by atoms with Gasteiger partial charge in [0.1, 0.15) is 24.1 Å². The quantitative estimate of drug-likeness (QED) is 0.835. The Hall–Kier alpha value is -2.42. The lowest BCUT2D eigenvalue weighted by molar-refractivity contribution is 0.177. The van der Waals surface area contributed by atoms with Crippen LogP contribution in [-0.2, 0) is 27.9 Å². The highest BCUT2D eigenvalue weighted by molar-refractivity contribution is 7.89. The summed E-state index contributed by atoms with van der Waals surface area (Å²) in [6.45, 7) is 0.724. The molecule has 26 heavy (non-hydrogen) atoms. The molecule has 1 N–H and O–H groups in total. The van der Waals surface area contributed by atoms with Gasteiger partial charge < -0.3 is 4.74 Å². The van der Waals surface area contributed by atoms with E-state index >= 15 is 0 Å². The summed E-state index contributed by atoms with van der Waals surface area (Å²) in [6, 6.07) is 2.15. The number of nitrogens with zero attached hydrogens (tertiary/aromatic N) is 4. The molecule has 0 bridgehead atoms. The standard InChI is InChI=1S/C15H15F2N5O3S/c1-25-8-13-19-15-12(3-2-4-22(15)20-13)21-26(23,24)14-10(16)5-9(7-18)6-11(14)17/h5-6,12,21H,2-4,8H2,1H3/t12-/m1/s1. The number of halogens is 2. The molecule has 2 aromatic rings. The van der Waals surface area contributed by atoms with E-state index in [9.17, 15) is 17.2 Å². The number of nitriles is 1. The van der Waals surface area contributed by atoms with E-state index in [1.54, 1.807) is 10.8 Å². The lowest BCUT2D eigenvalue weighted by Crippen LogP contribution is -2.34. The van der Waals surface area contributed by atoms with Crippen LogP contribution in [0.2, 0.25) is 0 Å². The Morgan fingerprint density at radius 2 is 2.12 bits per heavy atom. The third-order valence-corrected chi connectivity index (χ3v) is 5.41. The van der Waals surface area contributed by atoms with Crippen molar-refractivity contribution in [3.05, 3.63) is 41.0 Å². The zero-order valence-corrected chi connectivity index (χ0v) is 14.6. The molecule has 0 saturated heterocycles. The Kier molecular flexibility index (Phi) is 4.99. The second-order valence-electron chi connectivity index (χ2n) is 5.74. The van der Waals surface area contributed by atoms with E-state index in [0.717, 1.165) is 0 Å². The Morgan fingerprint density at radius 3 is 2.73 bits per heavy atom. The van der Waals surface area contributed by atoms with E-state index in [1.165, 1.54) is 7.11 Å². The van der Waals surface area contributed by atoms with Crippen LogP contribution in [0.15, 0.2) is 17.0 Å². The van der Waals surface area contributed by atoms with E-state index < -0.39 is 32.6 Å². The number of hydrogen-bond acceptors (Lipinski definition) is 6. The predicted octanol–water partition coefficient (Wildman–Crippen LogP) is 1.39. The summed E-state index contributed by atoms with van der Waals surface area (Å²) in [7, 11) is -3.03. The maximum Gasteiger partial charge on any atom is 0.247 e. The molecule has 1 aromatic carbocycles. The summed E-state index contributed by atoms with van der Waals surface area (Å²) in [5.41, 5.74) is -0.305. The van der Waals surface area contributed by atoms with Crippen molar-refractivity contribution < 1.29 is 21.9 Å². The number of aryl methyl sites for hydroxylation is 1. The first-order valence-corrected chi connectivity index (χ1v) is 9.18. The van der Waals surface area contributed by atoms with Crippen molar-refractivity contribution in [2.24, 2.45) is 0 Å². The first-order chi connectivity index (χ1) is 12.4. The van der Waals surface area contributed by atoms with Crippen molar-refractivity contribution in [3.63, 3.8) is 0 Å². The maximum absolute atomic E-state index is 14.1. The molecule has 1 atom stereocenters. The van der Waals surface area contributed by atoms with E-state index in [-0.39, 0.29) is 12.2 Å². The highest BCUT2D eigenvalue weighted by Gasteiger charge is 2.32. The third-order valence-electron chi connectivity index (χ3n) is 3.89. The highest BCUT2D eigenvalue weighted by atomic mass is 32.2. The molecule has 3 rings (SSSR count). The van der Waals surface area contributed by atoms with Crippen molar-refractivity contribution in [3.8, 4) is 6.07 Å². The number of hydrogen-bond donors (Lipinski definition) is 1. The summed E-state index contributed by atoms with van der Waals surface area (Å²) in [5.74, 6) is -1.90. The van der Waals surface area contributed by atoms with Gasteiger partial charge in [0.05, 0.1) is 17.7 Å². The van der Waals surface area contributed by atoms with Crippen LogP contribution in [0.3, 0.4) is 0 Å². The minimum absolute atomic E-state index is 0.165. The number of aromatic nitrogens is 3. The van der Waals surface area contributed by atoms with Crippen molar-refractivity contribution in [2.75, 3.05) is 7.11 Å². The molecule has 0 unspecified atom stereocenters. The molecule has 0 amide bonds. The Bertz CT molecular complexity index is 961. The highest BCUT2D eigenvalue weighted by Crippen LogP contribution is 2.27. The average Bonchev–Trinajstić information content (AvgIpc) is 2.97. The molecule has 1 aliphatic heterocycles. The first kappa shape index (κ1) is 18.4. The van der Waals surface area contributed by atoms with Crippen LogP contribution >= 0.6 is 0 Å². The summed E-state index contributed by atoms with van der Waals surface area (Å²) in [5, 5.41) is 12.9. The zero-order chi connectivity index (χ0) is 18.9. The number of ether oxygens (including phenoxy) is 1. The second kappa shape index (κ2) is 7.06. The van der Waals surface area contributed by atoms with Crippen LogP contribution in [0.1, 0.15) is 36.1 Å². The summed E-state index contributed by atoms with van der Waals surface area (Å²) in [6.07, 6.45) is 1.03. The van der Waals surface area contributed by atoms with Gasteiger partial charge in [0.25, 0.3) is 0 Å². The lowest BCUT2D eigenvalue weighted by atomic mass is 10.1. The van der Waals surface area contributed by atoms with E-state index in [0.29, 0.717) is 43.2 Å². The van der Waals surface area contributed by atoms with Gasteiger partial charge in [0.2, 0.25) is 10.0 Å². The molecule has 138 valence electrons. The molecule has 1 aliphatic rings. The molecular formula is C15H15F2N5O3S. The number of nitrogens with one attached hydrogen (secondary N) is 1. The van der Waals surface area contributed by atoms with Gasteiger partial charge in [-0.25, -0.2) is 31.6 Å². The van der Waals surface area contributed by atoms with Crippen LogP contribution in [0.5, 0.6) is 0 Å². The molecule has 0 fully saturated rings. The fraction of sp³-hybridized carbons (Fsp3) is 0.400.